The van der Waals surface area contributed by atoms with Gasteiger partial charge >= 0.3 is 0 Å². The van der Waals surface area contributed by atoms with Crippen LogP contribution >= 0.6 is 12.2 Å². The van der Waals surface area contributed by atoms with E-state index in [1.807, 2.05) is 47.4 Å². The van der Waals surface area contributed by atoms with Crippen LogP contribution in [0.25, 0.3) is 5.69 Å². The van der Waals surface area contributed by atoms with E-state index in [0.717, 1.165) is 34.1 Å². The molecule has 0 amide bonds. The van der Waals surface area contributed by atoms with E-state index >= 15 is 4.39 Å². The van der Waals surface area contributed by atoms with Gasteiger partial charge in [-0.25, -0.2) is 4.39 Å². The number of aryl methyl sites for hydroxylation is 1. The van der Waals surface area contributed by atoms with Gasteiger partial charge in [-0.15, -0.1) is 0 Å². The number of aromatic nitrogens is 2. The molecule has 4 aromatic rings. The van der Waals surface area contributed by atoms with Crippen molar-refractivity contribution in [2.75, 3.05) is 12.0 Å². The predicted octanol–water partition coefficient (Wildman–Crippen LogP) is 5.81. The fourth-order valence-corrected chi connectivity index (χ4v) is 5.15. The highest BCUT2D eigenvalue weighted by Crippen LogP contribution is 2.44. The van der Waals surface area contributed by atoms with Crippen molar-refractivity contribution in [1.82, 2.24) is 14.9 Å². The largest absolute Gasteiger partial charge is 0.497 e. The van der Waals surface area contributed by atoms with E-state index in [4.69, 9.17) is 17.0 Å². The molecule has 1 N–H and O–H groups in total. The Morgan fingerprint density at radius 3 is 2.53 bits per heavy atom. The van der Waals surface area contributed by atoms with Gasteiger partial charge in [-0.05, 0) is 74.1 Å². The average Bonchev–Trinajstić information content (AvgIpc) is 3.35. The Morgan fingerprint density at radius 1 is 1.00 bits per heavy atom. The summed E-state index contributed by atoms with van der Waals surface area (Å²) >= 11 is 5.74. The molecule has 2 atom stereocenters. The van der Waals surface area contributed by atoms with Gasteiger partial charge < -0.3 is 19.5 Å². The molecule has 1 saturated heterocycles. The molecule has 5 nitrogen and oxygen atoms in total. The zero-order valence-corrected chi connectivity index (χ0v) is 20.0. The third kappa shape index (κ3) is 3.72. The monoisotopic (exact) mass is 472 g/mol. The summed E-state index contributed by atoms with van der Waals surface area (Å²) in [6.45, 7) is 4.15. The molecule has 0 unspecified atom stereocenters. The Bertz CT molecular complexity index is 1350. The molecular formula is C27H25FN4OS. The van der Waals surface area contributed by atoms with E-state index in [-0.39, 0.29) is 17.9 Å². The molecular weight excluding hydrogens is 447 g/mol. The molecule has 0 bridgehead atoms. The Morgan fingerprint density at radius 2 is 1.79 bits per heavy atom. The van der Waals surface area contributed by atoms with E-state index in [1.165, 1.54) is 6.07 Å². The summed E-state index contributed by atoms with van der Waals surface area (Å²) in [5.41, 5.74) is 5.44. The first kappa shape index (κ1) is 22.1. The fourth-order valence-electron chi connectivity index (χ4n) is 4.81. The van der Waals surface area contributed by atoms with Gasteiger partial charge in [0.15, 0.2) is 5.11 Å². The second kappa shape index (κ2) is 8.91. The highest BCUT2D eigenvalue weighted by molar-refractivity contribution is 7.80. The van der Waals surface area contributed by atoms with Gasteiger partial charge in [0.25, 0.3) is 0 Å². The predicted molar refractivity (Wildman–Crippen MR) is 136 cm³/mol. The molecule has 1 fully saturated rings. The maximum Gasteiger partial charge on any atom is 0.174 e. The maximum absolute atomic E-state index is 15.0. The zero-order valence-electron chi connectivity index (χ0n) is 19.2. The van der Waals surface area contributed by atoms with Crippen molar-refractivity contribution in [1.29, 1.82) is 0 Å². The summed E-state index contributed by atoms with van der Waals surface area (Å²) in [5.74, 6) is 0.467. The van der Waals surface area contributed by atoms with Gasteiger partial charge in [0.1, 0.15) is 11.6 Å². The second-order valence-electron chi connectivity index (χ2n) is 8.31. The maximum atomic E-state index is 15.0. The summed E-state index contributed by atoms with van der Waals surface area (Å²) in [6, 6.07) is 22.1. The van der Waals surface area contributed by atoms with Crippen molar-refractivity contribution >= 4 is 23.0 Å². The summed E-state index contributed by atoms with van der Waals surface area (Å²) in [7, 11) is 1.66. The van der Waals surface area contributed by atoms with Crippen molar-refractivity contribution in [3.05, 3.63) is 107 Å². The van der Waals surface area contributed by atoms with Gasteiger partial charge in [0.05, 0.1) is 30.6 Å². The summed E-state index contributed by atoms with van der Waals surface area (Å²) in [6.07, 6.45) is 1.77. The van der Waals surface area contributed by atoms with Crippen molar-refractivity contribution in [3.8, 4) is 11.4 Å². The van der Waals surface area contributed by atoms with Crippen LogP contribution < -0.4 is 15.0 Å². The number of thiocarbonyl (C=S) groups is 1. The third-order valence-electron chi connectivity index (χ3n) is 6.31. The number of para-hydroxylation sites is 1. The molecule has 3 heterocycles. The standard InChI is InChI=1S/C27H25FN4OS/c1-17-15-21(18(2)31(17)19-9-8-10-20(16-19)33-3)26-25(23-12-6-7-14-29-23)30-27(34)32(26)24-13-5-4-11-22(24)28/h4-16,25-26H,1-3H3,(H,30,34)/t25-,26-/m0/s1. The molecule has 34 heavy (non-hydrogen) atoms. The molecule has 2 aromatic heterocycles. The van der Waals surface area contributed by atoms with Crippen LogP contribution in [-0.2, 0) is 0 Å². The van der Waals surface area contributed by atoms with Crippen LogP contribution in [-0.4, -0.2) is 21.8 Å². The molecule has 0 radical (unpaired) electrons. The van der Waals surface area contributed by atoms with Crippen LogP contribution in [0, 0.1) is 19.7 Å². The number of pyridine rings is 1. The number of halogens is 1. The molecule has 172 valence electrons. The van der Waals surface area contributed by atoms with Crippen LogP contribution in [0.3, 0.4) is 0 Å². The minimum Gasteiger partial charge on any atom is -0.497 e. The van der Waals surface area contributed by atoms with Crippen molar-refractivity contribution in [2.24, 2.45) is 0 Å². The van der Waals surface area contributed by atoms with Crippen molar-refractivity contribution < 1.29 is 9.13 Å². The summed E-state index contributed by atoms with van der Waals surface area (Å²) in [4.78, 5) is 6.47. The lowest BCUT2D eigenvalue weighted by molar-refractivity contribution is 0.414. The lowest BCUT2D eigenvalue weighted by atomic mass is 9.96. The molecule has 5 rings (SSSR count). The highest BCUT2D eigenvalue weighted by Gasteiger charge is 2.43. The van der Waals surface area contributed by atoms with Gasteiger partial charge in [-0.2, -0.15) is 0 Å². The first-order valence-corrected chi connectivity index (χ1v) is 11.5. The molecule has 0 aliphatic carbocycles. The minimum atomic E-state index is -0.320. The zero-order chi connectivity index (χ0) is 23.8. The highest BCUT2D eigenvalue weighted by atomic mass is 32.1. The molecule has 2 aromatic carbocycles. The third-order valence-corrected chi connectivity index (χ3v) is 6.63. The second-order valence-corrected chi connectivity index (χ2v) is 8.70. The number of anilines is 1. The van der Waals surface area contributed by atoms with Crippen molar-refractivity contribution in [2.45, 2.75) is 25.9 Å². The van der Waals surface area contributed by atoms with Crippen LogP contribution in [0.15, 0.2) is 79.0 Å². The number of benzene rings is 2. The Labute approximate surface area is 203 Å². The van der Waals surface area contributed by atoms with E-state index < -0.39 is 0 Å². The number of rotatable bonds is 5. The minimum absolute atomic E-state index is 0.243. The summed E-state index contributed by atoms with van der Waals surface area (Å²) in [5, 5.41) is 3.88. The van der Waals surface area contributed by atoms with Crippen LogP contribution in [0.4, 0.5) is 10.1 Å². The number of methoxy groups -OCH3 is 1. The Kier molecular flexibility index (Phi) is 5.79. The van der Waals surface area contributed by atoms with Gasteiger partial charge in [-0.1, -0.05) is 24.3 Å². The van der Waals surface area contributed by atoms with Gasteiger partial charge in [0, 0.05) is 29.3 Å². The van der Waals surface area contributed by atoms with Crippen LogP contribution in [0.2, 0.25) is 0 Å². The van der Waals surface area contributed by atoms with Gasteiger partial charge in [-0.3, -0.25) is 4.98 Å². The normalized spacial score (nSPS) is 17.6. The van der Waals surface area contributed by atoms with E-state index in [1.54, 1.807) is 25.4 Å². The lowest BCUT2D eigenvalue weighted by Gasteiger charge is -2.28. The topological polar surface area (TPSA) is 42.3 Å². The molecule has 1 aliphatic rings. The lowest BCUT2D eigenvalue weighted by Crippen LogP contribution is -2.30. The number of nitrogens with zero attached hydrogens (tertiary/aromatic N) is 3. The number of hydrogen-bond acceptors (Lipinski definition) is 3. The Hall–Kier alpha value is -3.71. The molecule has 1 aliphatic heterocycles. The molecule has 7 heteroatoms. The number of ether oxygens (including phenoxy) is 1. The summed E-state index contributed by atoms with van der Waals surface area (Å²) < 4.78 is 22.6. The van der Waals surface area contributed by atoms with Crippen LogP contribution in [0.1, 0.15) is 34.7 Å². The molecule has 0 saturated carbocycles. The van der Waals surface area contributed by atoms with Gasteiger partial charge in [0.2, 0.25) is 0 Å². The van der Waals surface area contributed by atoms with E-state index in [0.29, 0.717) is 10.8 Å². The first-order chi connectivity index (χ1) is 16.5. The van der Waals surface area contributed by atoms with Crippen molar-refractivity contribution in [3.63, 3.8) is 0 Å². The van der Waals surface area contributed by atoms with Crippen LogP contribution in [0.5, 0.6) is 5.75 Å². The smallest absolute Gasteiger partial charge is 0.174 e. The van der Waals surface area contributed by atoms with E-state index in [2.05, 4.69) is 40.8 Å². The fraction of sp³-hybridized carbons (Fsp3) is 0.185. The number of nitrogens with one attached hydrogen (secondary N) is 1. The first-order valence-electron chi connectivity index (χ1n) is 11.1. The average molecular weight is 473 g/mol. The SMILES string of the molecule is COc1cccc(-n2c(C)cc([C@H]3[C@H](c4ccccn4)NC(=S)N3c3ccccc3F)c2C)c1. The van der Waals surface area contributed by atoms with E-state index in [9.17, 15) is 0 Å². The molecule has 0 spiro atoms. The quantitative estimate of drug-likeness (QED) is 0.371. The number of hydrogen-bond donors (Lipinski definition) is 1. The Balaban J connectivity index is 1.69.